The zero-order chi connectivity index (χ0) is 12.7. The number of nitrogens with one attached hydrogen (secondary N) is 1. The number of fused-ring (bicyclic) bond motifs is 1. The van der Waals surface area contributed by atoms with Gasteiger partial charge in [0.15, 0.2) is 0 Å². The van der Waals surface area contributed by atoms with E-state index in [1.54, 1.807) is 11.3 Å². The quantitative estimate of drug-likeness (QED) is 0.830. The van der Waals surface area contributed by atoms with Gasteiger partial charge in [0.2, 0.25) is 0 Å². The van der Waals surface area contributed by atoms with Gasteiger partial charge in [-0.15, -0.1) is 11.3 Å². The van der Waals surface area contributed by atoms with Crippen LogP contribution in [0.5, 0.6) is 0 Å². The molecule has 1 aliphatic heterocycles. The fourth-order valence-electron chi connectivity index (χ4n) is 2.35. The van der Waals surface area contributed by atoms with E-state index in [0.717, 1.165) is 21.8 Å². The molecule has 0 spiro atoms. The highest BCUT2D eigenvalue weighted by molar-refractivity contribution is 7.13. The molecule has 1 atom stereocenters. The molecule has 0 bridgehead atoms. The molecule has 1 aliphatic rings. The molecule has 94 valence electrons. The molecule has 2 N–H and O–H groups in total. The first kappa shape index (κ1) is 11.3. The second kappa shape index (κ2) is 4.13. The predicted octanol–water partition coefficient (Wildman–Crippen LogP) is 2.56. The normalized spacial score (nSPS) is 18.7. The van der Waals surface area contributed by atoms with Gasteiger partial charge >= 0.3 is 6.09 Å². The third-order valence-electron chi connectivity index (χ3n) is 3.31. The van der Waals surface area contributed by atoms with Gasteiger partial charge in [-0.05, 0) is 18.4 Å². The number of aromatic amines is 1. The van der Waals surface area contributed by atoms with Crippen molar-refractivity contribution in [1.29, 1.82) is 0 Å². The van der Waals surface area contributed by atoms with Gasteiger partial charge in [0.05, 0.1) is 11.4 Å². The molecule has 0 radical (unpaired) electrons. The molecule has 0 aliphatic carbocycles. The molecule has 0 aromatic carbocycles. The van der Waals surface area contributed by atoms with Crippen LogP contribution in [-0.2, 0) is 13.0 Å². The summed E-state index contributed by atoms with van der Waals surface area (Å²) >= 11 is 1.62. The summed E-state index contributed by atoms with van der Waals surface area (Å²) in [5, 5.41) is 18.6. The Morgan fingerprint density at radius 3 is 3.17 bits per heavy atom. The van der Waals surface area contributed by atoms with E-state index in [2.05, 4.69) is 10.2 Å². The summed E-state index contributed by atoms with van der Waals surface area (Å²) in [6.07, 6.45) is -0.175. The van der Waals surface area contributed by atoms with E-state index in [9.17, 15) is 9.90 Å². The average Bonchev–Trinajstić information content (AvgIpc) is 2.94. The van der Waals surface area contributed by atoms with Gasteiger partial charge in [-0.2, -0.15) is 5.10 Å². The Kier molecular flexibility index (Phi) is 2.59. The van der Waals surface area contributed by atoms with Crippen LogP contribution in [-0.4, -0.2) is 32.3 Å². The van der Waals surface area contributed by atoms with Gasteiger partial charge in [0.25, 0.3) is 0 Å². The Morgan fingerprint density at radius 1 is 1.67 bits per heavy atom. The molecule has 0 saturated heterocycles. The lowest BCUT2D eigenvalue weighted by Gasteiger charge is -2.30. The van der Waals surface area contributed by atoms with Crippen LogP contribution in [0.2, 0.25) is 0 Å². The van der Waals surface area contributed by atoms with Crippen molar-refractivity contribution < 1.29 is 9.90 Å². The molecule has 0 fully saturated rings. The second-order valence-electron chi connectivity index (χ2n) is 4.47. The monoisotopic (exact) mass is 263 g/mol. The minimum absolute atomic E-state index is 0.00774. The summed E-state index contributed by atoms with van der Waals surface area (Å²) in [4.78, 5) is 13.7. The van der Waals surface area contributed by atoms with Gasteiger partial charge in [-0.25, -0.2) is 4.79 Å². The smallest absolute Gasteiger partial charge is 0.407 e. The number of aromatic nitrogens is 2. The number of rotatable bonds is 1. The summed E-state index contributed by atoms with van der Waals surface area (Å²) in [6.45, 7) is 2.33. The standard InChI is InChI=1S/C12H13N3O2S/c1-7-5-9-8(6-15(7)12(16)17)11(14-13-9)10-3-2-4-18-10/h2-4,7H,5-6H2,1H3,(H,13,14)(H,16,17). The van der Waals surface area contributed by atoms with Crippen LogP contribution in [0.25, 0.3) is 10.6 Å². The van der Waals surface area contributed by atoms with Gasteiger partial charge in [0.1, 0.15) is 5.69 Å². The van der Waals surface area contributed by atoms with Crippen LogP contribution in [0.1, 0.15) is 18.2 Å². The van der Waals surface area contributed by atoms with E-state index < -0.39 is 6.09 Å². The maximum Gasteiger partial charge on any atom is 0.407 e. The third kappa shape index (κ3) is 1.69. The summed E-state index contributed by atoms with van der Waals surface area (Å²) in [5.74, 6) is 0. The number of nitrogens with zero attached hydrogens (tertiary/aromatic N) is 2. The first-order valence-corrected chi connectivity index (χ1v) is 6.64. The maximum atomic E-state index is 11.2. The van der Waals surface area contributed by atoms with E-state index in [4.69, 9.17) is 0 Å². The highest BCUT2D eigenvalue weighted by Gasteiger charge is 2.30. The molecule has 2 aromatic rings. The summed E-state index contributed by atoms with van der Waals surface area (Å²) in [5.41, 5.74) is 2.96. The van der Waals surface area contributed by atoms with Gasteiger partial charge in [-0.1, -0.05) is 6.07 Å². The lowest BCUT2D eigenvalue weighted by molar-refractivity contribution is 0.119. The van der Waals surface area contributed by atoms with Crippen molar-refractivity contribution in [2.75, 3.05) is 0 Å². The molecule has 3 rings (SSSR count). The van der Waals surface area contributed by atoms with Crippen LogP contribution >= 0.6 is 11.3 Å². The van der Waals surface area contributed by atoms with Crippen molar-refractivity contribution in [3.05, 3.63) is 28.8 Å². The molecule has 2 aromatic heterocycles. The fraction of sp³-hybridized carbons (Fsp3) is 0.333. The number of hydrogen-bond donors (Lipinski definition) is 2. The maximum absolute atomic E-state index is 11.2. The van der Waals surface area contributed by atoms with Crippen LogP contribution in [0, 0.1) is 0 Å². The molecular formula is C12H13N3O2S. The molecule has 0 saturated carbocycles. The SMILES string of the molecule is CC1Cc2[nH]nc(-c3cccs3)c2CN1C(=O)O. The molecule has 6 heteroatoms. The van der Waals surface area contributed by atoms with Crippen molar-refractivity contribution in [3.8, 4) is 10.6 Å². The van der Waals surface area contributed by atoms with Crippen LogP contribution < -0.4 is 0 Å². The van der Waals surface area contributed by atoms with E-state index >= 15 is 0 Å². The summed E-state index contributed by atoms with van der Waals surface area (Å²) in [6, 6.07) is 3.97. The molecule has 1 unspecified atom stereocenters. The molecular weight excluding hydrogens is 250 g/mol. The van der Waals surface area contributed by atoms with Gasteiger partial charge in [-0.3, -0.25) is 5.10 Å². The number of carboxylic acid groups (broad SMARTS) is 1. The zero-order valence-electron chi connectivity index (χ0n) is 9.88. The van der Waals surface area contributed by atoms with Crippen molar-refractivity contribution in [3.63, 3.8) is 0 Å². The third-order valence-corrected chi connectivity index (χ3v) is 4.19. The van der Waals surface area contributed by atoms with Crippen molar-refractivity contribution in [2.45, 2.75) is 25.9 Å². The number of carbonyl (C=O) groups is 1. The Bertz CT molecular complexity index is 576. The van der Waals surface area contributed by atoms with E-state index in [-0.39, 0.29) is 6.04 Å². The first-order chi connectivity index (χ1) is 8.66. The Balaban J connectivity index is 2.02. The Labute approximate surface area is 108 Å². The van der Waals surface area contributed by atoms with E-state index in [1.165, 1.54) is 4.90 Å². The lowest BCUT2D eigenvalue weighted by atomic mass is 10.00. The first-order valence-electron chi connectivity index (χ1n) is 5.76. The molecule has 1 amide bonds. The summed E-state index contributed by atoms with van der Waals surface area (Å²) in [7, 11) is 0. The van der Waals surface area contributed by atoms with Crippen LogP contribution in [0.3, 0.4) is 0 Å². The molecule has 3 heterocycles. The topological polar surface area (TPSA) is 69.2 Å². The average molecular weight is 263 g/mol. The van der Waals surface area contributed by atoms with Gasteiger partial charge in [0, 0.05) is 23.7 Å². The lowest BCUT2D eigenvalue weighted by Crippen LogP contribution is -2.41. The second-order valence-corrected chi connectivity index (χ2v) is 5.42. The Hall–Kier alpha value is -1.82. The van der Waals surface area contributed by atoms with Crippen molar-refractivity contribution >= 4 is 17.4 Å². The minimum atomic E-state index is -0.869. The van der Waals surface area contributed by atoms with Crippen molar-refractivity contribution in [1.82, 2.24) is 15.1 Å². The number of hydrogen-bond acceptors (Lipinski definition) is 3. The summed E-state index contributed by atoms with van der Waals surface area (Å²) < 4.78 is 0. The zero-order valence-corrected chi connectivity index (χ0v) is 10.7. The van der Waals surface area contributed by atoms with Gasteiger partial charge < -0.3 is 10.0 Å². The van der Waals surface area contributed by atoms with Crippen molar-refractivity contribution in [2.24, 2.45) is 0 Å². The van der Waals surface area contributed by atoms with Crippen LogP contribution in [0.15, 0.2) is 17.5 Å². The number of thiophene rings is 1. The highest BCUT2D eigenvalue weighted by atomic mass is 32.1. The number of H-pyrrole nitrogens is 1. The number of amides is 1. The van der Waals surface area contributed by atoms with E-state index in [0.29, 0.717) is 13.0 Å². The fourth-order valence-corrected chi connectivity index (χ4v) is 3.09. The van der Waals surface area contributed by atoms with E-state index in [1.807, 2.05) is 24.4 Å². The predicted molar refractivity (Wildman–Crippen MR) is 68.6 cm³/mol. The molecule has 5 nitrogen and oxygen atoms in total. The Morgan fingerprint density at radius 2 is 2.50 bits per heavy atom. The minimum Gasteiger partial charge on any atom is -0.465 e. The van der Waals surface area contributed by atoms with Crippen LogP contribution in [0.4, 0.5) is 4.79 Å². The molecule has 18 heavy (non-hydrogen) atoms. The highest BCUT2D eigenvalue weighted by Crippen LogP contribution is 2.32. The largest absolute Gasteiger partial charge is 0.465 e.